The van der Waals surface area contributed by atoms with Gasteiger partial charge in [-0.15, -0.1) is 0 Å². The van der Waals surface area contributed by atoms with Gasteiger partial charge in [0.05, 0.1) is 7.11 Å². The normalized spacial score (nSPS) is 19.1. The van der Waals surface area contributed by atoms with Gasteiger partial charge in [0.2, 0.25) is 0 Å². The maximum Gasteiger partial charge on any atom is 0.251 e. The number of nitrogens with zero attached hydrogens (tertiary/aromatic N) is 1. The number of rotatable bonds is 6. The predicted octanol–water partition coefficient (Wildman–Crippen LogP) is 4.16. The van der Waals surface area contributed by atoms with Crippen molar-refractivity contribution in [3.63, 3.8) is 0 Å². The zero-order valence-corrected chi connectivity index (χ0v) is 16.1. The third kappa shape index (κ3) is 3.80. The number of carbonyl (C=O) groups excluding carboxylic acids is 1. The minimum Gasteiger partial charge on any atom is -0.497 e. The average Bonchev–Trinajstić information content (AvgIpc) is 3.00. The van der Waals surface area contributed by atoms with Gasteiger partial charge in [0, 0.05) is 18.7 Å². The van der Waals surface area contributed by atoms with Crippen molar-refractivity contribution in [1.29, 1.82) is 0 Å². The fraction of sp³-hybridized carbons (Fsp3) is 0.348. The van der Waals surface area contributed by atoms with E-state index in [2.05, 4.69) is 5.32 Å². The smallest absolute Gasteiger partial charge is 0.251 e. The molecule has 1 heterocycles. The van der Waals surface area contributed by atoms with E-state index in [0.29, 0.717) is 13.1 Å². The molecule has 1 unspecified atom stereocenters. The van der Waals surface area contributed by atoms with Gasteiger partial charge in [-0.25, -0.2) is 4.39 Å². The summed E-state index contributed by atoms with van der Waals surface area (Å²) >= 11 is 0. The molecular formula is C23H25FN2O2. The van der Waals surface area contributed by atoms with E-state index in [9.17, 15) is 9.18 Å². The molecule has 1 amide bonds. The van der Waals surface area contributed by atoms with Crippen molar-refractivity contribution in [1.82, 2.24) is 10.2 Å². The van der Waals surface area contributed by atoms with E-state index in [1.165, 1.54) is 17.7 Å². The molecule has 0 bridgehead atoms. The Hall–Kier alpha value is -2.66. The molecule has 5 heteroatoms. The molecule has 1 atom stereocenters. The summed E-state index contributed by atoms with van der Waals surface area (Å²) in [5.41, 5.74) is 4.28. The number of hydrogen-bond donors (Lipinski definition) is 1. The first-order valence-corrected chi connectivity index (χ1v) is 9.79. The van der Waals surface area contributed by atoms with Crippen LogP contribution in [0, 0.1) is 5.82 Å². The fourth-order valence-electron chi connectivity index (χ4n) is 4.09. The minimum atomic E-state index is -0.261. The largest absolute Gasteiger partial charge is 0.497 e. The van der Waals surface area contributed by atoms with Crippen molar-refractivity contribution < 1.29 is 13.9 Å². The van der Waals surface area contributed by atoms with Crippen molar-refractivity contribution in [3.8, 4) is 5.75 Å². The van der Waals surface area contributed by atoms with Gasteiger partial charge >= 0.3 is 0 Å². The Morgan fingerprint density at radius 2 is 1.71 bits per heavy atom. The molecule has 146 valence electrons. The monoisotopic (exact) mass is 380 g/mol. The number of halogens is 1. The second kappa shape index (κ2) is 8.15. The second-order valence-corrected chi connectivity index (χ2v) is 7.40. The molecular weight excluding hydrogens is 355 g/mol. The van der Waals surface area contributed by atoms with Crippen molar-refractivity contribution in [2.75, 3.05) is 7.11 Å². The van der Waals surface area contributed by atoms with E-state index in [4.69, 9.17) is 4.74 Å². The van der Waals surface area contributed by atoms with Crippen molar-refractivity contribution in [3.05, 3.63) is 76.6 Å². The summed E-state index contributed by atoms with van der Waals surface area (Å²) in [5, 5.41) is 3.58. The van der Waals surface area contributed by atoms with E-state index in [0.717, 1.165) is 48.1 Å². The van der Waals surface area contributed by atoms with Crippen LogP contribution < -0.4 is 10.1 Å². The maximum atomic E-state index is 13.2. The zero-order chi connectivity index (χ0) is 19.5. The highest BCUT2D eigenvalue weighted by atomic mass is 19.1. The van der Waals surface area contributed by atoms with Crippen molar-refractivity contribution >= 4 is 5.91 Å². The number of hydrogen-bond acceptors (Lipinski definition) is 3. The van der Waals surface area contributed by atoms with Crippen LogP contribution in [-0.4, -0.2) is 24.1 Å². The maximum absolute atomic E-state index is 13.2. The molecule has 1 N–H and O–H groups in total. The summed E-state index contributed by atoms with van der Waals surface area (Å²) in [5.74, 6) is 0.685. The molecule has 28 heavy (non-hydrogen) atoms. The molecule has 4 rings (SSSR count). The molecule has 1 aliphatic carbocycles. The minimum absolute atomic E-state index is 0.102. The lowest BCUT2D eigenvalue weighted by molar-refractivity contribution is -0.128. The van der Waals surface area contributed by atoms with E-state index >= 15 is 0 Å². The van der Waals surface area contributed by atoms with Crippen LogP contribution in [0.2, 0.25) is 0 Å². The third-order valence-corrected chi connectivity index (χ3v) is 5.60. The van der Waals surface area contributed by atoms with Crippen LogP contribution in [0.3, 0.4) is 0 Å². The standard InChI is InChI=1S/C23H25FN2O2/c1-28-19-12-8-16(9-13-19)14-25-22-20-4-2-3-5-21(20)23(27)26(22)15-17-6-10-18(24)11-7-17/h6-13,22,25H,2-5,14-15H2,1H3. The predicted molar refractivity (Wildman–Crippen MR) is 106 cm³/mol. The number of benzene rings is 2. The van der Waals surface area contributed by atoms with Gasteiger partial charge in [0.25, 0.3) is 5.91 Å². The fourth-order valence-corrected chi connectivity index (χ4v) is 4.09. The third-order valence-electron chi connectivity index (χ3n) is 5.60. The van der Waals surface area contributed by atoms with E-state index < -0.39 is 0 Å². The number of ether oxygens (including phenoxy) is 1. The highest BCUT2D eigenvalue weighted by Gasteiger charge is 2.39. The number of amides is 1. The Kier molecular flexibility index (Phi) is 5.44. The molecule has 0 spiro atoms. The number of methoxy groups -OCH3 is 1. The molecule has 4 nitrogen and oxygen atoms in total. The van der Waals surface area contributed by atoms with Gasteiger partial charge in [0.15, 0.2) is 0 Å². The number of nitrogens with one attached hydrogen (secondary N) is 1. The second-order valence-electron chi connectivity index (χ2n) is 7.40. The molecule has 0 saturated heterocycles. The van der Waals surface area contributed by atoms with Crippen molar-refractivity contribution in [2.45, 2.75) is 44.9 Å². The van der Waals surface area contributed by atoms with E-state index in [1.54, 1.807) is 19.2 Å². The Labute approximate surface area is 165 Å². The highest BCUT2D eigenvalue weighted by molar-refractivity contribution is 5.97. The van der Waals surface area contributed by atoms with E-state index in [1.807, 2.05) is 29.2 Å². The van der Waals surface area contributed by atoms with Crippen LogP contribution in [0.1, 0.15) is 36.8 Å². The highest BCUT2D eigenvalue weighted by Crippen LogP contribution is 2.36. The SMILES string of the molecule is COc1ccc(CNC2C3=C(CCCC3)C(=O)N2Cc2ccc(F)cc2)cc1. The van der Waals surface area contributed by atoms with Crippen LogP contribution in [0.5, 0.6) is 5.75 Å². The molecule has 2 aliphatic rings. The average molecular weight is 380 g/mol. The van der Waals surface area contributed by atoms with Gasteiger partial charge in [-0.3, -0.25) is 10.1 Å². The molecule has 0 saturated carbocycles. The van der Waals surface area contributed by atoms with Gasteiger partial charge in [-0.05, 0) is 66.6 Å². The molecule has 2 aromatic rings. The zero-order valence-electron chi connectivity index (χ0n) is 16.1. The summed E-state index contributed by atoms with van der Waals surface area (Å²) in [6.45, 7) is 1.14. The van der Waals surface area contributed by atoms with Crippen LogP contribution in [-0.2, 0) is 17.9 Å². The number of carbonyl (C=O) groups is 1. The van der Waals surface area contributed by atoms with Crippen LogP contribution in [0.15, 0.2) is 59.7 Å². The van der Waals surface area contributed by atoms with Gasteiger partial charge in [0.1, 0.15) is 17.7 Å². The summed E-state index contributed by atoms with van der Waals surface area (Å²) in [4.78, 5) is 14.9. The lowest BCUT2D eigenvalue weighted by Crippen LogP contribution is -2.44. The Bertz CT molecular complexity index is 874. The summed E-state index contributed by atoms with van der Waals surface area (Å²) in [7, 11) is 1.65. The topological polar surface area (TPSA) is 41.6 Å². The quantitative estimate of drug-likeness (QED) is 0.818. The summed E-state index contributed by atoms with van der Waals surface area (Å²) < 4.78 is 18.5. The Morgan fingerprint density at radius 3 is 2.43 bits per heavy atom. The van der Waals surface area contributed by atoms with Gasteiger partial charge < -0.3 is 9.64 Å². The summed E-state index contributed by atoms with van der Waals surface area (Å²) in [6.07, 6.45) is 3.91. The molecule has 0 aromatic heterocycles. The first-order valence-electron chi connectivity index (χ1n) is 9.79. The Balaban J connectivity index is 1.53. The van der Waals surface area contributed by atoms with Crippen molar-refractivity contribution in [2.24, 2.45) is 0 Å². The summed E-state index contributed by atoms with van der Waals surface area (Å²) in [6, 6.07) is 14.3. The van der Waals surface area contributed by atoms with Crippen LogP contribution in [0.25, 0.3) is 0 Å². The molecule has 2 aromatic carbocycles. The first-order chi connectivity index (χ1) is 13.7. The van der Waals surface area contributed by atoms with Gasteiger partial charge in [-0.1, -0.05) is 24.3 Å². The van der Waals surface area contributed by atoms with Crippen LogP contribution in [0.4, 0.5) is 4.39 Å². The molecule has 0 radical (unpaired) electrons. The van der Waals surface area contributed by atoms with E-state index in [-0.39, 0.29) is 17.9 Å². The molecule has 1 aliphatic heterocycles. The lowest BCUT2D eigenvalue weighted by atomic mass is 9.92. The first kappa shape index (κ1) is 18.7. The van der Waals surface area contributed by atoms with Gasteiger partial charge in [-0.2, -0.15) is 0 Å². The molecule has 0 fully saturated rings. The van der Waals surface area contributed by atoms with Crippen LogP contribution >= 0.6 is 0 Å². The lowest BCUT2D eigenvalue weighted by Gasteiger charge is -2.28. The Morgan fingerprint density at radius 1 is 1.04 bits per heavy atom.